The molecule has 1 aliphatic carbocycles. The molecule has 1 saturated carbocycles. The monoisotopic (exact) mass is 801 g/mol. The highest BCUT2D eigenvalue weighted by atomic mass is 16.8. The molecule has 4 N–H and O–H groups in total. The van der Waals surface area contributed by atoms with Gasteiger partial charge in [-0.05, 0) is 95.0 Å². The van der Waals surface area contributed by atoms with E-state index in [0.29, 0.717) is 35.0 Å². The number of pyridine rings is 1. The van der Waals surface area contributed by atoms with Crippen molar-refractivity contribution in [3.8, 4) is 16.9 Å². The van der Waals surface area contributed by atoms with Gasteiger partial charge in [-0.1, -0.05) is 12.7 Å². The Morgan fingerprint density at radius 1 is 1.00 bits per heavy atom. The van der Waals surface area contributed by atoms with E-state index in [1.807, 2.05) is 0 Å². The standard InChI is InChI=1S/C41H47N5O12/c1-8-25-17-31(36(47)44-27-13-11-26(12-14-27)35(42)46-39(50)53-20-28-21-54-41(5,6)58-28)30(18-33(25)52-7)29-15-16-32(37(48)43-19-24-9-10-24)45-34(29)38(49)56-23(4)57-40(51)55-22(2)3/h8,11-18,22-24,28H,1,9-10,19-21H2,2-7H3,(H,43,48)(H,44,47)(H2,42,46,50). The molecule has 2 aliphatic rings. The highest BCUT2D eigenvalue weighted by molar-refractivity contribution is 6.11. The normalized spacial score (nSPS) is 16.5. The predicted molar refractivity (Wildman–Crippen MR) is 210 cm³/mol. The molecule has 2 aromatic carbocycles. The number of nitrogens with zero attached hydrogens (tertiary/aromatic N) is 2. The first-order valence-electron chi connectivity index (χ1n) is 18.5. The smallest absolute Gasteiger partial charge is 0.496 e. The van der Waals surface area contributed by atoms with Crippen molar-refractivity contribution in [3.63, 3.8) is 0 Å². The lowest BCUT2D eigenvalue weighted by Crippen LogP contribution is -2.28. The van der Waals surface area contributed by atoms with Crippen LogP contribution in [0.25, 0.3) is 17.2 Å². The van der Waals surface area contributed by atoms with Crippen LogP contribution in [0.5, 0.6) is 5.75 Å². The summed E-state index contributed by atoms with van der Waals surface area (Å²) in [7, 11) is 1.43. The van der Waals surface area contributed by atoms with Gasteiger partial charge in [-0.25, -0.2) is 19.4 Å². The summed E-state index contributed by atoms with van der Waals surface area (Å²) in [4.78, 5) is 73.6. The first-order valence-corrected chi connectivity index (χ1v) is 18.5. The van der Waals surface area contributed by atoms with Gasteiger partial charge in [-0.2, -0.15) is 4.99 Å². The van der Waals surface area contributed by atoms with Gasteiger partial charge >= 0.3 is 18.2 Å². The van der Waals surface area contributed by atoms with Gasteiger partial charge in [0.1, 0.15) is 30.0 Å². The zero-order valence-electron chi connectivity index (χ0n) is 33.1. The molecule has 5 rings (SSSR count). The summed E-state index contributed by atoms with van der Waals surface area (Å²) in [6.45, 7) is 12.6. The topological polar surface area (TPSA) is 225 Å². The number of amidine groups is 1. The Kier molecular flexibility index (Phi) is 13.8. The average molecular weight is 802 g/mol. The largest absolute Gasteiger partial charge is 0.511 e. The van der Waals surface area contributed by atoms with E-state index >= 15 is 0 Å². The second kappa shape index (κ2) is 18.7. The van der Waals surface area contributed by atoms with Crippen molar-refractivity contribution in [2.75, 3.05) is 32.2 Å². The molecule has 0 radical (unpaired) electrons. The Morgan fingerprint density at radius 3 is 2.34 bits per heavy atom. The molecule has 3 amide bonds. The number of anilines is 1. The molecular formula is C41H47N5O12. The fourth-order valence-electron chi connectivity index (χ4n) is 5.67. The second-order valence-electron chi connectivity index (χ2n) is 14.2. The summed E-state index contributed by atoms with van der Waals surface area (Å²) in [5, 5.41) is 5.64. The van der Waals surface area contributed by atoms with Crippen LogP contribution in [-0.4, -0.2) is 92.0 Å². The van der Waals surface area contributed by atoms with E-state index in [1.54, 1.807) is 52.0 Å². The van der Waals surface area contributed by atoms with Gasteiger partial charge in [0.2, 0.25) is 6.29 Å². The number of hydrogen-bond acceptors (Lipinski definition) is 13. The Bertz CT molecular complexity index is 2080. The molecule has 17 nitrogen and oxygen atoms in total. The molecule has 0 spiro atoms. The number of rotatable bonds is 15. The Labute approximate surface area is 335 Å². The third kappa shape index (κ3) is 11.6. The van der Waals surface area contributed by atoms with E-state index in [1.165, 1.54) is 44.4 Å². The van der Waals surface area contributed by atoms with Gasteiger partial charge < -0.3 is 49.5 Å². The minimum Gasteiger partial charge on any atom is -0.496 e. The van der Waals surface area contributed by atoms with E-state index in [0.717, 1.165) is 12.8 Å². The maximum atomic E-state index is 14.1. The number of methoxy groups -OCH3 is 1. The quantitative estimate of drug-likeness (QED) is 0.0539. The Morgan fingerprint density at radius 2 is 1.72 bits per heavy atom. The molecule has 2 fully saturated rings. The van der Waals surface area contributed by atoms with Crippen molar-refractivity contribution in [1.29, 1.82) is 0 Å². The van der Waals surface area contributed by atoms with Crippen molar-refractivity contribution in [2.45, 2.75) is 71.7 Å². The van der Waals surface area contributed by atoms with Crippen molar-refractivity contribution < 1.29 is 57.1 Å². The third-order valence-electron chi connectivity index (χ3n) is 8.67. The van der Waals surface area contributed by atoms with Crippen molar-refractivity contribution >= 4 is 47.6 Å². The van der Waals surface area contributed by atoms with Crippen LogP contribution in [-0.2, 0) is 28.4 Å². The van der Waals surface area contributed by atoms with Gasteiger partial charge in [0, 0.05) is 47.0 Å². The van der Waals surface area contributed by atoms with E-state index < -0.39 is 54.3 Å². The molecule has 2 heterocycles. The zero-order chi connectivity index (χ0) is 42.1. The van der Waals surface area contributed by atoms with E-state index in [2.05, 4.69) is 27.2 Å². The Hall–Kier alpha value is -6.33. The number of carbonyl (C=O) groups excluding carboxylic acids is 5. The number of benzene rings is 2. The molecule has 17 heteroatoms. The first kappa shape index (κ1) is 42.8. The van der Waals surface area contributed by atoms with Crippen LogP contribution in [0.2, 0.25) is 0 Å². The van der Waals surface area contributed by atoms with Gasteiger partial charge in [0.05, 0.1) is 19.8 Å². The second-order valence-corrected chi connectivity index (χ2v) is 14.2. The fraction of sp³-hybridized carbons (Fsp3) is 0.390. The maximum absolute atomic E-state index is 14.1. The van der Waals surface area contributed by atoms with Gasteiger partial charge in [0.15, 0.2) is 11.5 Å². The molecule has 58 heavy (non-hydrogen) atoms. The maximum Gasteiger partial charge on any atom is 0.511 e. The molecule has 0 bridgehead atoms. The number of amides is 3. The highest BCUT2D eigenvalue weighted by Gasteiger charge is 2.33. The lowest BCUT2D eigenvalue weighted by atomic mass is 9.94. The molecule has 2 atom stereocenters. The number of aromatic nitrogens is 1. The number of carbonyl (C=O) groups is 5. The van der Waals surface area contributed by atoms with E-state index in [9.17, 15) is 24.0 Å². The summed E-state index contributed by atoms with van der Waals surface area (Å²) in [6, 6.07) is 12.1. The van der Waals surface area contributed by atoms with E-state index in [-0.39, 0.29) is 47.1 Å². The predicted octanol–water partition coefficient (Wildman–Crippen LogP) is 5.85. The number of ether oxygens (including phenoxy) is 7. The first-order chi connectivity index (χ1) is 27.5. The minimum absolute atomic E-state index is 0.0635. The average Bonchev–Trinajstić information content (AvgIpc) is 3.95. The molecule has 1 aromatic heterocycles. The summed E-state index contributed by atoms with van der Waals surface area (Å²) in [5.41, 5.74) is 7.16. The van der Waals surface area contributed by atoms with Crippen LogP contribution in [0.4, 0.5) is 15.3 Å². The minimum atomic E-state index is -1.41. The van der Waals surface area contributed by atoms with Gasteiger partial charge in [-0.3, -0.25) is 9.59 Å². The number of esters is 1. The van der Waals surface area contributed by atoms with Crippen LogP contribution in [0, 0.1) is 5.92 Å². The van der Waals surface area contributed by atoms with Crippen LogP contribution in [0.15, 0.2) is 60.1 Å². The molecule has 308 valence electrons. The third-order valence-corrected chi connectivity index (χ3v) is 8.67. The summed E-state index contributed by atoms with van der Waals surface area (Å²) in [5.74, 6) is -2.38. The zero-order valence-corrected chi connectivity index (χ0v) is 33.1. The van der Waals surface area contributed by atoms with Crippen molar-refractivity contribution in [1.82, 2.24) is 10.3 Å². The lowest BCUT2D eigenvalue weighted by molar-refractivity contribution is -0.142. The number of hydrogen-bond donors (Lipinski definition) is 3. The van der Waals surface area contributed by atoms with Crippen molar-refractivity contribution in [3.05, 3.63) is 83.2 Å². The molecular weight excluding hydrogens is 754 g/mol. The highest BCUT2D eigenvalue weighted by Crippen LogP contribution is 2.35. The van der Waals surface area contributed by atoms with Crippen molar-refractivity contribution in [2.24, 2.45) is 16.6 Å². The molecule has 3 aromatic rings. The fourth-order valence-corrected chi connectivity index (χ4v) is 5.67. The van der Waals surface area contributed by atoms with E-state index in [4.69, 9.17) is 38.9 Å². The van der Waals surface area contributed by atoms with Gasteiger partial charge in [0.25, 0.3) is 11.8 Å². The van der Waals surface area contributed by atoms with Crippen LogP contribution >= 0.6 is 0 Å². The van der Waals surface area contributed by atoms with Gasteiger partial charge in [-0.15, -0.1) is 0 Å². The summed E-state index contributed by atoms with van der Waals surface area (Å²) in [6.07, 6.45) is -0.801. The van der Waals surface area contributed by atoms with Crippen LogP contribution in [0.3, 0.4) is 0 Å². The number of nitrogens with one attached hydrogen (secondary N) is 2. The molecule has 1 aliphatic heterocycles. The lowest BCUT2D eigenvalue weighted by Gasteiger charge is -2.18. The van der Waals surface area contributed by atoms with Crippen LogP contribution in [0.1, 0.15) is 89.9 Å². The Balaban J connectivity index is 1.41. The summed E-state index contributed by atoms with van der Waals surface area (Å²) >= 11 is 0. The molecule has 1 saturated heterocycles. The number of nitrogens with two attached hydrogens (primary N) is 1. The summed E-state index contributed by atoms with van der Waals surface area (Å²) < 4.78 is 37.3. The number of aliphatic imine (C=N–C) groups is 1. The SMILES string of the molecule is C=Cc1cc(C(=O)Nc2ccc(C(N)=NC(=O)OCC3COC(C)(C)O3)cc2)c(-c2ccc(C(=O)NCC3CC3)nc2C(=O)OC(C)OC(=O)OC(C)C)cc1OC. The van der Waals surface area contributed by atoms with Crippen LogP contribution < -0.4 is 21.1 Å². The molecule has 2 unspecified atom stereocenters.